The van der Waals surface area contributed by atoms with Crippen molar-refractivity contribution in [2.75, 3.05) is 13.1 Å². The summed E-state index contributed by atoms with van der Waals surface area (Å²) < 4.78 is 4.48. The van der Waals surface area contributed by atoms with Gasteiger partial charge in [-0.25, -0.2) is 9.97 Å². The van der Waals surface area contributed by atoms with Crippen molar-refractivity contribution in [2.24, 2.45) is 0 Å². The molecule has 0 aromatic carbocycles. The molecule has 1 aliphatic heterocycles. The second-order valence-electron chi connectivity index (χ2n) is 5.56. The maximum Gasteiger partial charge on any atom is 0.0948 e. The van der Waals surface area contributed by atoms with E-state index < -0.39 is 0 Å². The minimum atomic E-state index is 0.639. The Labute approximate surface area is 120 Å². The van der Waals surface area contributed by atoms with Gasteiger partial charge in [0.25, 0.3) is 0 Å². The number of hydrogen-bond acceptors (Lipinski definition) is 3. The fraction of sp³-hybridized carbons (Fsp3) is 0.600. The Bertz CT molecular complexity index is 496. The normalized spacial score (nSPS) is 19.3. The average molecular weight is 273 g/mol. The minimum Gasteiger partial charge on any atom is -0.337 e. The Balaban J connectivity index is 1.49. The molecule has 0 aliphatic carbocycles. The molecule has 0 saturated carbocycles. The molecular formula is C15H23N5. The van der Waals surface area contributed by atoms with Crippen LogP contribution in [-0.4, -0.2) is 32.2 Å². The van der Waals surface area contributed by atoms with Crippen LogP contribution >= 0.6 is 0 Å². The molecule has 0 bridgehead atoms. The molecule has 20 heavy (non-hydrogen) atoms. The molecule has 1 saturated heterocycles. The Hall–Kier alpha value is -1.62. The third-order valence-electron chi connectivity index (χ3n) is 4.08. The summed E-state index contributed by atoms with van der Waals surface area (Å²) in [6.07, 6.45) is 14.7. The molecular weight excluding hydrogens is 250 g/mol. The quantitative estimate of drug-likeness (QED) is 0.819. The number of imidazole rings is 2. The van der Waals surface area contributed by atoms with Gasteiger partial charge in [-0.1, -0.05) is 0 Å². The molecule has 1 N–H and O–H groups in total. The fourth-order valence-electron chi connectivity index (χ4n) is 2.96. The number of nitrogens with one attached hydrogen (secondary N) is 1. The lowest BCUT2D eigenvalue weighted by atomic mass is 9.96. The summed E-state index contributed by atoms with van der Waals surface area (Å²) in [5.74, 6) is 0.639. The molecule has 0 spiro atoms. The zero-order valence-electron chi connectivity index (χ0n) is 11.9. The molecule has 108 valence electrons. The second-order valence-corrected chi connectivity index (χ2v) is 5.56. The van der Waals surface area contributed by atoms with Crippen molar-refractivity contribution in [1.29, 1.82) is 0 Å². The lowest BCUT2D eigenvalue weighted by Gasteiger charge is -2.23. The smallest absolute Gasteiger partial charge is 0.0948 e. The van der Waals surface area contributed by atoms with Gasteiger partial charge in [0.1, 0.15) is 0 Å². The summed E-state index contributed by atoms with van der Waals surface area (Å²) >= 11 is 0. The Morgan fingerprint density at radius 1 is 1.20 bits per heavy atom. The number of aryl methyl sites for hydroxylation is 2. The van der Waals surface area contributed by atoms with Crippen molar-refractivity contribution in [3.8, 4) is 0 Å². The molecule has 5 nitrogen and oxygen atoms in total. The summed E-state index contributed by atoms with van der Waals surface area (Å²) in [5, 5.41) is 3.48. The first-order valence-corrected chi connectivity index (χ1v) is 7.60. The summed E-state index contributed by atoms with van der Waals surface area (Å²) in [7, 11) is 0. The molecule has 1 unspecified atom stereocenters. The molecule has 1 fully saturated rings. The highest BCUT2D eigenvalue weighted by Crippen LogP contribution is 2.23. The lowest BCUT2D eigenvalue weighted by Crippen LogP contribution is -2.29. The predicted molar refractivity (Wildman–Crippen MR) is 78.5 cm³/mol. The summed E-state index contributed by atoms with van der Waals surface area (Å²) in [6.45, 7) is 4.38. The predicted octanol–water partition coefficient (Wildman–Crippen LogP) is 2.03. The van der Waals surface area contributed by atoms with Crippen LogP contribution in [0.5, 0.6) is 0 Å². The van der Waals surface area contributed by atoms with Crippen LogP contribution < -0.4 is 5.32 Å². The summed E-state index contributed by atoms with van der Waals surface area (Å²) in [6, 6.07) is 0. The van der Waals surface area contributed by atoms with Gasteiger partial charge in [0.05, 0.1) is 12.7 Å². The van der Waals surface area contributed by atoms with Gasteiger partial charge >= 0.3 is 0 Å². The van der Waals surface area contributed by atoms with Crippen LogP contribution in [-0.2, 0) is 13.1 Å². The van der Waals surface area contributed by atoms with Gasteiger partial charge in [0.15, 0.2) is 0 Å². The number of unbranched alkanes of at least 4 members (excludes halogenated alkanes) is 1. The first kappa shape index (κ1) is 13.4. The third kappa shape index (κ3) is 3.28. The molecule has 2 aromatic heterocycles. The van der Waals surface area contributed by atoms with E-state index in [0.717, 1.165) is 26.2 Å². The van der Waals surface area contributed by atoms with Gasteiger partial charge in [-0.2, -0.15) is 0 Å². The van der Waals surface area contributed by atoms with E-state index in [1.54, 1.807) is 0 Å². The first-order chi connectivity index (χ1) is 9.93. The van der Waals surface area contributed by atoms with Gasteiger partial charge in [-0.05, 0) is 32.2 Å². The van der Waals surface area contributed by atoms with Crippen LogP contribution in [0.3, 0.4) is 0 Å². The van der Waals surface area contributed by atoms with Gasteiger partial charge in [-0.15, -0.1) is 0 Å². The van der Waals surface area contributed by atoms with E-state index in [0.29, 0.717) is 5.92 Å². The zero-order valence-corrected chi connectivity index (χ0v) is 11.9. The van der Waals surface area contributed by atoms with Crippen LogP contribution in [0.15, 0.2) is 31.2 Å². The molecule has 2 aromatic rings. The zero-order chi connectivity index (χ0) is 13.6. The largest absolute Gasteiger partial charge is 0.337 e. The van der Waals surface area contributed by atoms with Gasteiger partial charge < -0.3 is 14.5 Å². The topological polar surface area (TPSA) is 47.7 Å². The van der Waals surface area contributed by atoms with E-state index in [1.807, 2.05) is 31.2 Å². The molecule has 1 atom stereocenters. The van der Waals surface area contributed by atoms with E-state index in [1.165, 1.54) is 31.4 Å². The van der Waals surface area contributed by atoms with Gasteiger partial charge in [0, 0.05) is 49.8 Å². The first-order valence-electron chi connectivity index (χ1n) is 7.60. The number of nitrogens with zero attached hydrogens (tertiary/aromatic N) is 4. The van der Waals surface area contributed by atoms with Gasteiger partial charge in [0.2, 0.25) is 0 Å². The highest BCUT2D eigenvalue weighted by atomic mass is 15.1. The molecule has 1 aliphatic rings. The van der Waals surface area contributed by atoms with Crippen LogP contribution in [0.1, 0.15) is 37.3 Å². The summed E-state index contributed by atoms with van der Waals surface area (Å²) in [5.41, 5.74) is 1.40. The van der Waals surface area contributed by atoms with Crippen molar-refractivity contribution in [3.05, 3.63) is 36.9 Å². The summed E-state index contributed by atoms with van der Waals surface area (Å²) in [4.78, 5) is 8.41. The third-order valence-corrected chi connectivity index (χ3v) is 4.08. The van der Waals surface area contributed by atoms with Crippen LogP contribution in [0.2, 0.25) is 0 Å². The van der Waals surface area contributed by atoms with Crippen LogP contribution in [0, 0.1) is 0 Å². The van der Waals surface area contributed by atoms with Crippen molar-refractivity contribution >= 4 is 0 Å². The fourth-order valence-corrected chi connectivity index (χ4v) is 2.96. The molecule has 0 radical (unpaired) electrons. The molecule has 5 heteroatoms. The molecule has 0 amide bonds. The van der Waals surface area contributed by atoms with Crippen molar-refractivity contribution in [3.63, 3.8) is 0 Å². The number of rotatable bonds is 6. The second kappa shape index (κ2) is 6.70. The van der Waals surface area contributed by atoms with E-state index in [2.05, 4.69) is 24.4 Å². The van der Waals surface area contributed by atoms with E-state index in [4.69, 9.17) is 0 Å². The number of aromatic nitrogens is 4. The van der Waals surface area contributed by atoms with Crippen LogP contribution in [0.25, 0.3) is 0 Å². The minimum absolute atomic E-state index is 0.639. The maximum atomic E-state index is 4.35. The van der Waals surface area contributed by atoms with E-state index in [-0.39, 0.29) is 0 Å². The Morgan fingerprint density at radius 3 is 2.95 bits per heavy atom. The molecule has 3 rings (SSSR count). The Morgan fingerprint density at radius 2 is 2.15 bits per heavy atom. The lowest BCUT2D eigenvalue weighted by molar-refractivity contribution is 0.435. The van der Waals surface area contributed by atoms with E-state index >= 15 is 0 Å². The SMILES string of the molecule is c1cn(CCCCn2cncc2C2CCCNC2)cn1. The van der Waals surface area contributed by atoms with Crippen molar-refractivity contribution < 1.29 is 0 Å². The van der Waals surface area contributed by atoms with Gasteiger partial charge in [-0.3, -0.25) is 0 Å². The average Bonchev–Trinajstić information content (AvgIpc) is 3.16. The van der Waals surface area contributed by atoms with Crippen molar-refractivity contribution in [2.45, 2.75) is 44.7 Å². The number of piperidine rings is 1. The highest BCUT2D eigenvalue weighted by molar-refractivity contribution is 5.08. The monoisotopic (exact) mass is 273 g/mol. The van der Waals surface area contributed by atoms with Crippen molar-refractivity contribution in [1.82, 2.24) is 24.4 Å². The molecule has 3 heterocycles. The standard InChI is InChI=1S/C15H23N5/c1(7-19-9-6-17-12-19)2-8-20-13-18-11-15(20)14-4-3-5-16-10-14/h6,9,11-14,16H,1-5,7-8,10H2. The highest BCUT2D eigenvalue weighted by Gasteiger charge is 2.18. The van der Waals surface area contributed by atoms with Crippen LogP contribution in [0.4, 0.5) is 0 Å². The maximum absolute atomic E-state index is 4.35. The van der Waals surface area contributed by atoms with E-state index in [9.17, 15) is 0 Å². The number of hydrogen-bond donors (Lipinski definition) is 1. The Kier molecular flexibility index (Phi) is 4.48.